The van der Waals surface area contributed by atoms with Crippen LogP contribution in [0.1, 0.15) is 26.3 Å². The van der Waals surface area contributed by atoms with Crippen molar-refractivity contribution in [1.29, 1.82) is 0 Å². The highest BCUT2D eigenvalue weighted by molar-refractivity contribution is 9.10. The van der Waals surface area contributed by atoms with Gasteiger partial charge in [-0.15, -0.1) is 0 Å². The smallest absolute Gasteiger partial charge is 0.407 e. The lowest BCUT2D eigenvalue weighted by Crippen LogP contribution is -2.32. The topological polar surface area (TPSA) is 56.1 Å². The van der Waals surface area contributed by atoms with Gasteiger partial charge in [0.05, 0.1) is 11.2 Å². The van der Waals surface area contributed by atoms with E-state index in [1.54, 1.807) is 0 Å². The standard InChI is InChI=1S/C19H20BrN3O2/c1-19(2,3)25-18(24)21-11-13-5-4-6-16(9-13)23-12-14-7-8-15(20)10-17(14)22-23/h4-10,12H,11H2,1-3H3,(H,21,24). The van der Waals surface area contributed by atoms with Crippen molar-refractivity contribution in [3.8, 4) is 5.69 Å². The summed E-state index contributed by atoms with van der Waals surface area (Å²) in [5.41, 5.74) is 2.33. The summed E-state index contributed by atoms with van der Waals surface area (Å²) in [6.45, 7) is 5.92. The maximum atomic E-state index is 11.8. The number of rotatable bonds is 3. The zero-order valence-electron chi connectivity index (χ0n) is 14.4. The normalized spacial score (nSPS) is 11.5. The lowest BCUT2D eigenvalue weighted by molar-refractivity contribution is 0.0523. The quantitative estimate of drug-likeness (QED) is 0.684. The van der Waals surface area contributed by atoms with Crippen LogP contribution in [-0.2, 0) is 11.3 Å². The van der Waals surface area contributed by atoms with Crippen molar-refractivity contribution in [3.05, 3.63) is 58.7 Å². The molecule has 0 radical (unpaired) electrons. The first-order valence-corrected chi connectivity index (χ1v) is 8.80. The Bertz CT molecular complexity index is 912. The van der Waals surface area contributed by atoms with E-state index in [0.29, 0.717) is 6.54 Å². The predicted molar refractivity (Wildman–Crippen MR) is 102 cm³/mol. The summed E-state index contributed by atoms with van der Waals surface area (Å²) in [6.07, 6.45) is 1.56. The van der Waals surface area contributed by atoms with Gasteiger partial charge >= 0.3 is 6.09 Å². The van der Waals surface area contributed by atoms with Crippen molar-refractivity contribution in [3.63, 3.8) is 0 Å². The molecule has 0 spiro atoms. The number of nitrogens with one attached hydrogen (secondary N) is 1. The van der Waals surface area contributed by atoms with Crippen LogP contribution in [0.3, 0.4) is 0 Å². The predicted octanol–water partition coefficient (Wildman–Crippen LogP) is 4.81. The highest BCUT2D eigenvalue weighted by Gasteiger charge is 2.15. The number of hydrogen-bond acceptors (Lipinski definition) is 3. The number of amides is 1. The van der Waals surface area contributed by atoms with Gasteiger partial charge in [0, 0.05) is 22.6 Å². The average Bonchev–Trinajstić information content (AvgIpc) is 2.95. The van der Waals surface area contributed by atoms with Gasteiger partial charge in [0.1, 0.15) is 5.60 Å². The van der Waals surface area contributed by atoms with E-state index < -0.39 is 11.7 Å². The molecule has 0 fully saturated rings. The van der Waals surface area contributed by atoms with Crippen LogP contribution in [0.25, 0.3) is 16.6 Å². The largest absolute Gasteiger partial charge is 0.444 e. The number of ether oxygens (including phenoxy) is 1. The Morgan fingerprint density at radius 3 is 2.80 bits per heavy atom. The Hall–Kier alpha value is -2.34. The fraction of sp³-hybridized carbons (Fsp3) is 0.263. The van der Waals surface area contributed by atoms with Gasteiger partial charge in [0.2, 0.25) is 0 Å². The molecule has 0 bridgehead atoms. The fourth-order valence-corrected chi connectivity index (χ4v) is 2.77. The summed E-state index contributed by atoms with van der Waals surface area (Å²) in [5, 5.41) is 8.44. The fourth-order valence-electron chi connectivity index (χ4n) is 2.42. The molecule has 1 aromatic heterocycles. The third kappa shape index (κ3) is 4.60. The van der Waals surface area contributed by atoms with Gasteiger partial charge in [0.15, 0.2) is 0 Å². The molecule has 0 aliphatic heterocycles. The molecule has 0 saturated heterocycles. The number of halogens is 1. The molecule has 1 heterocycles. The number of carbonyl (C=O) groups is 1. The molecule has 2 aromatic carbocycles. The number of aromatic nitrogens is 2. The number of benzene rings is 2. The minimum absolute atomic E-state index is 0.398. The average molecular weight is 402 g/mol. The molecule has 130 valence electrons. The van der Waals surface area contributed by atoms with Crippen LogP contribution in [0.5, 0.6) is 0 Å². The molecule has 5 nitrogen and oxygen atoms in total. The number of fused-ring (bicyclic) bond motifs is 1. The molecular weight excluding hydrogens is 382 g/mol. The maximum absolute atomic E-state index is 11.8. The zero-order chi connectivity index (χ0) is 18.0. The molecule has 6 heteroatoms. The van der Waals surface area contributed by atoms with Crippen LogP contribution in [0.2, 0.25) is 0 Å². The molecule has 0 unspecified atom stereocenters. The first kappa shape index (κ1) is 17.5. The summed E-state index contributed by atoms with van der Waals surface area (Å²) in [5.74, 6) is 0. The number of hydrogen-bond donors (Lipinski definition) is 1. The second kappa shape index (κ2) is 6.88. The SMILES string of the molecule is CC(C)(C)OC(=O)NCc1cccc(-n2cc3ccc(Br)cc3n2)c1. The van der Waals surface area contributed by atoms with Gasteiger partial charge in [-0.3, -0.25) is 0 Å². The minimum Gasteiger partial charge on any atom is -0.444 e. The van der Waals surface area contributed by atoms with E-state index in [2.05, 4.69) is 26.3 Å². The van der Waals surface area contributed by atoms with Crippen molar-refractivity contribution in [2.45, 2.75) is 32.9 Å². The summed E-state index contributed by atoms with van der Waals surface area (Å²) in [4.78, 5) is 11.8. The Labute approximate surface area is 155 Å². The van der Waals surface area contributed by atoms with Crippen LogP contribution < -0.4 is 5.32 Å². The van der Waals surface area contributed by atoms with Crippen LogP contribution in [0, 0.1) is 0 Å². The van der Waals surface area contributed by atoms with Crippen molar-refractivity contribution in [2.75, 3.05) is 0 Å². The van der Waals surface area contributed by atoms with E-state index in [1.165, 1.54) is 0 Å². The Kier molecular flexibility index (Phi) is 4.81. The molecule has 3 rings (SSSR count). The van der Waals surface area contributed by atoms with E-state index in [-0.39, 0.29) is 0 Å². The summed E-state index contributed by atoms with van der Waals surface area (Å²) < 4.78 is 8.10. The van der Waals surface area contributed by atoms with Gasteiger partial charge in [-0.1, -0.05) is 34.1 Å². The van der Waals surface area contributed by atoms with Crippen LogP contribution >= 0.6 is 15.9 Å². The molecular formula is C19H20BrN3O2. The molecule has 0 aliphatic carbocycles. The molecule has 1 N–H and O–H groups in total. The molecule has 0 aliphatic rings. The zero-order valence-corrected chi connectivity index (χ0v) is 16.0. The molecule has 3 aromatic rings. The second-order valence-electron chi connectivity index (χ2n) is 6.80. The number of nitrogens with zero attached hydrogens (tertiary/aromatic N) is 2. The van der Waals surface area contributed by atoms with Gasteiger partial charge in [-0.2, -0.15) is 5.10 Å². The highest BCUT2D eigenvalue weighted by atomic mass is 79.9. The van der Waals surface area contributed by atoms with Crippen molar-refractivity contribution < 1.29 is 9.53 Å². The molecule has 1 amide bonds. The van der Waals surface area contributed by atoms with Gasteiger partial charge in [0.25, 0.3) is 0 Å². The second-order valence-corrected chi connectivity index (χ2v) is 7.72. The number of carbonyl (C=O) groups excluding carboxylic acids is 1. The molecule has 0 atom stereocenters. The summed E-state index contributed by atoms with van der Waals surface area (Å²) in [7, 11) is 0. The van der Waals surface area contributed by atoms with E-state index >= 15 is 0 Å². The number of alkyl carbamates (subject to hydrolysis) is 1. The maximum Gasteiger partial charge on any atom is 0.407 e. The first-order chi connectivity index (χ1) is 11.8. The van der Waals surface area contributed by atoms with E-state index in [1.807, 2.05) is 74.1 Å². The first-order valence-electron chi connectivity index (χ1n) is 8.01. The summed E-state index contributed by atoms with van der Waals surface area (Å²) in [6, 6.07) is 13.9. The van der Waals surface area contributed by atoms with Crippen molar-refractivity contribution >= 4 is 32.9 Å². The molecule has 0 saturated carbocycles. The van der Waals surface area contributed by atoms with Gasteiger partial charge in [-0.25, -0.2) is 9.48 Å². The van der Waals surface area contributed by atoms with Crippen LogP contribution in [-0.4, -0.2) is 21.5 Å². The van der Waals surface area contributed by atoms with Gasteiger partial charge < -0.3 is 10.1 Å². The van der Waals surface area contributed by atoms with Gasteiger partial charge in [-0.05, 0) is 50.6 Å². The molecule has 25 heavy (non-hydrogen) atoms. The lowest BCUT2D eigenvalue weighted by Gasteiger charge is -2.19. The van der Waals surface area contributed by atoms with Crippen LogP contribution in [0.15, 0.2) is 53.1 Å². The van der Waals surface area contributed by atoms with Crippen molar-refractivity contribution in [1.82, 2.24) is 15.1 Å². The third-order valence-corrected chi connectivity index (χ3v) is 3.97. The lowest BCUT2D eigenvalue weighted by atomic mass is 10.2. The van der Waals surface area contributed by atoms with Crippen molar-refractivity contribution in [2.24, 2.45) is 0 Å². The summed E-state index contributed by atoms with van der Waals surface area (Å²) >= 11 is 3.46. The monoisotopic (exact) mass is 401 g/mol. The highest BCUT2D eigenvalue weighted by Crippen LogP contribution is 2.20. The van der Waals surface area contributed by atoms with Crippen LogP contribution in [0.4, 0.5) is 4.79 Å². The van der Waals surface area contributed by atoms with E-state index in [0.717, 1.165) is 26.6 Å². The van der Waals surface area contributed by atoms with E-state index in [4.69, 9.17) is 4.74 Å². The van der Waals surface area contributed by atoms with E-state index in [9.17, 15) is 4.79 Å². The Morgan fingerprint density at radius 1 is 1.24 bits per heavy atom. The third-order valence-electron chi connectivity index (χ3n) is 3.48. The Morgan fingerprint density at radius 2 is 2.04 bits per heavy atom. The Balaban J connectivity index is 1.75. The minimum atomic E-state index is -0.505.